The fourth-order valence-corrected chi connectivity index (χ4v) is 2.67. The summed E-state index contributed by atoms with van der Waals surface area (Å²) in [5.74, 6) is -0.0517. The molecule has 2 aromatic rings. The predicted octanol–water partition coefficient (Wildman–Crippen LogP) is 2.24. The number of rotatable bonds is 7. The number of anilines is 1. The van der Waals surface area contributed by atoms with Crippen molar-refractivity contribution >= 4 is 21.6 Å². The zero-order chi connectivity index (χ0) is 16.7. The first-order valence-electron chi connectivity index (χ1n) is 7.39. The van der Waals surface area contributed by atoms with Gasteiger partial charge in [-0.3, -0.25) is 4.79 Å². The van der Waals surface area contributed by atoms with Crippen molar-refractivity contribution in [2.24, 2.45) is 0 Å². The van der Waals surface area contributed by atoms with Crippen LogP contribution in [0.3, 0.4) is 0 Å². The number of hydrogen-bond acceptors (Lipinski definition) is 4. The molecule has 5 nitrogen and oxygen atoms in total. The van der Waals surface area contributed by atoms with E-state index >= 15 is 0 Å². The monoisotopic (exact) mass is 332 g/mol. The Hall–Kier alpha value is -2.21. The highest BCUT2D eigenvalue weighted by molar-refractivity contribution is 7.90. The van der Waals surface area contributed by atoms with Crippen LogP contribution in [0.25, 0.3) is 0 Å². The van der Waals surface area contributed by atoms with Crippen LogP contribution in [-0.4, -0.2) is 31.3 Å². The molecular formula is C17H20N2O3S. The zero-order valence-electron chi connectivity index (χ0n) is 13.0. The minimum Gasteiger partial charge on any atom is -0.311 e. The van der Waals surface area contributed by atoms with E-state index in [9.17, 15) is 13.2 Å². The van der Waals surface area contributed by atoms with Crippen molar-refractivity contribution in [3.05, 3.63) is 59.8 Å². The molecule has 1 amide bonds. The summed E-state index contributed by atoms with van der Waals surface area (Å²) in [6.45, 7) is 0. The summed E-state index contributed by atoms with van der Waals surface area (Å²) < 4.78 is 22.1. The second-order valence-corrected chi connectivity index (χ2v) is 7.72. The molecule has 122 valence electrons. The number of nitrogens with one attached hydrogen (secondary N) is 1. The van der Waals surface area contributed by atoms with E-state index in [1.54, 1.807) is 6.20 Å². The number of carbonyl (C=O) groups excluding carboxylic acids is 1. The molecule has 0 radical (unpaired) electrons. The second kappa shape index (κ2) is 7.87. The summed E-state index contributed by atoms with van der Waals surface area (Å²) in [6, 6.07) is 13.9. The lowest BCUT2D eigenvalue weighted by Gasteiger charge is -2.07. The summed E-state index contributed by atoms with van der Waals surface area (Å²) >= 11 is 0. The molecule has 1 aromatic heterocycles. The maximum atomic E-state index is 11.7. The van der Waals surface area contributed by atoms with E-state index in [0.717, 1.165) is 24.7 Å². The Morgan fingerprint density at radius 2 is 1.78 bits per heavy atom. The molecule has 6 heteroatoms. The van der Waals surface area contributed by atoms with Crippen molar-refractivity contribution in [1.29, 1.82) is 0 Å². The van der Waals surface area contributed by atoms with Crippen LogP contribution in [0.1, 0.15) is 17.5 Å². The molecule has 0 unspecified atom stereocenters. The number of benzene rings is 1. The third-order valence-electron chi connectivity index (χ3n) is 3.34. The average molecular weight is 332 g/mol. The van der Waals surface area contributed by atoms with Gasteiger partial charge in [0.05, 0.1) is 5.75 Å². The highest BCUT2D eigenvalue weighted by Crippen LogP contribution is 2.11. The molecule has 1 N–H and O–H groups in total. The SMILES string of the molecule is CS(=O)(=O)CCC(=O)Nc1cc(CCc2ccccc2)ccn1. The minimum absolute atomic E-state index is 0.0608. The molecule has 0 aliphatic heterocycles. The molecule has 0 aliphatic rings. The molecule has 0 bridgehead atoms. The van der Waals surface area contributed by atoms with Gasteiger partial charge in [0, 0.05) is 18.9 Å². The van der Waals surface area contributed by atoms with E-state index in [1.807, 2.05) is 30.3 Å². The second-order valence-electron chi connectivity index (χ2n) is 5.46. The highest BCUT2D eigenvalue weighted by Gasteiger charge is 2.09. The van der Waals surface area contributed by atoms with Gasteiger partial charge in [0.1, 0.15) is 15.7 Å². The van der Waals surface area contributed by atoms with Crippen LogP contribution in [0, 0.1) is 0 Å². The summed E-state index contributed by atoms with van der Waals surface area (Å²) in [4.78, 5) is 15.8. The molecule has 0 saturated carbocycles. The van der Waals surface area contributed by atoms with E-state index < -0.39 is 9.84 Å². The van der Waals surface area contributed by atoms with Gasteiger partial charge in [-0.15, -0.1) is 0 Å². The minimum atomic E-state index is -3.14. The van der Waals surface area contributed by atoms with Gasteiger partial charge in [0.25, 0.3) is 0 Å². The molecule has 1 aromatic carbocycles. The number of pyridine rings is 1. The van der Waals surface area contributed by atoms with Crippen molar-refractivity contribution in [2.45, 2.75) is 19.3 Å². The molecule has 23 heavy (non-hydrogen) atoms. The van der Waals surface area contributed by atoms with E-state index in [-0.39, 0.29) is 18.1 Å². The standard InChI is InChI=1S/C17H20N2O3S/c1-23(21,22)12-10-17(20)19-16-13-15(9-11-18-16)8-7-14-5-3-2-4-6-14/h2-6,9,11,13H,7-8,10,12H2,1H3,(H,18,19,20). The van der Waals surface area contributed by atoms with Crippen LogP contribution in [0.15, 0.2) is 48.7 Å². The van der Waals surface area contributed by atoms with Gasteiger partial charge >= 0.3 is 0 Å². The van der Waals surface area contributed by atoms with E-state index in [2.05, 4.69) is 22.4 Å². The molecule has 0 saturated heterocycles. The Kier molecular flexibility index (Phi) is 5.87. The van der Waals surface area contributed by atoms with Crippen LogP contribution in [0.5, 0.6) is 0 Å². The summed E-state index contributed by atoms with van der Waals surface area (Å²) in [5, 5.41) is 2.64. The number of sulfone groups is 1. The number of amides is 1. The first-order valence-corrected chi connectivity index (χ1v) is 9.45. The third-order valence-corrected chi connectivity index (χ3v) is 4.28. The molecule has 0 aliphatic carbocycles. The van der Waals surface area contributed by atoms with Gasteiger partial charge in [-0.2, -0.15) is 0 Å². The molecule has 0 fully saturated rings. The Balaban J connectivity index is 1.90. The van der Waals surface area contributed by atoms with Crippen molar-refractivity contribution in [1.82, 2.24) is 4.98 Å². The van der Waals surface area contributed by atoms with Crippen molar-refractivity contribution in [3.8, 4) is 0 Å². The Morgan fingerprint density at radius 1 is 1.09 bits per heavy atom. The van der Waals surface area contributed by atoms with Crippen LogP contribution in [0.2, 0.25) is 0 Å². The zero-order valence-corrected chi connectivity index (χ0v) is 13.8. The average Bonchev–Trinajstić information content (AvgIpc) is 2.52. The first-order chi connectivity index (χ1) is 10.9. The lowest BCUT2D eigenvalue weighted by atomic mass is 10.1. The summed E-state index contributed by atoms with van der Waals surface area (Å²) in [7, 11) is -3.14. The number of carbonyl (C=O) groups is 1. The molecular weight excluding hydrogens is 312 g/mol. The van der Waals surface area contributed by atoms with Crippen molar-refractivity contribution in [3.63, 3.8) is 0 Å². The van der Waals surface area contributed by atoms with Gasteiger partial charge in [-0.05, 0) is 36.1 Å². The topological polar surface area (TPSA) is 76.1 Å². The van der Waals surface area contributed by atoms with Crippen LogP contribution < -0.4 is 5.32 Å². The number of aryl methyl sites for hydroxylation is 2. The predicted molar refractivity (Wildman–Crippen MR) is 91.0 cm³/mol. The molecule has 0 atom stereocenters. The lowest BCUT2D eigenvalue weighted by Crippen LogP contribution is -2.17. The molecule has 2 rings (SSSR count). The van der Waals surface area contributed by atoms with E-state index in [0.29, 0.717) is 5.82 Å². The Bertz CT molecular complexity index is 758. The fraction of sp³-hybridized carbons (Fsp3) is 0.294. The van der Waals surface area contributed by atoms with Gasteiger partial charge in [-0.25, -0.2) is 13.4 Å². The van der Waals surface area contributed by atoms with Gasteiger partial charge < -0.3 is 5.32 Å². The largest absolute Gasteiger partial charge is 0.311 e. The normalized spacial score (nSPS) is 11.2. The first kappa shape index (κ1) is 17.1. The Morgan fingerprint density at radius 3 is 2.48 bits per heavy atom. The number of hydrogen-bond donors (Lipinski definition) is 1. The quantitative estimate of drug-likeness (QED) is 0.843. The summed E-state index contributed by atoms with van der Waals surface area (Å²) in [5.41, 5.74) is 2.32. The van der Waals surface area contributed by atoms with Crippen molar-refractivity contribution < 1.29 is 13.2 Å². The Labute approximate surface area is 136 Å². The van der Waals surface area contributed by atoms with Gasteiger partial charge in [-0.1, -0.05) is 30.3 Å². The molecule has 0 spiro atoms. The van der Waals surface area contributed by atoms with Crippen LogP contribution in [-0.2, 0) is 27.5 Å². The highest BCUT2D eigenvalue weighted by atomic mass is 32.2. The van der Waals surface area contributed by atoms with Crippen LogP contribution >= 0.6 is 0 Å². The van der Waals surface area contributed by atoms with Gasteiger partial charge in [0.15, 0.2) is 0 Å². The van der Waals surface area contributed by atoms with Crippen LogP contribution in [0.4, 0.5) is 5.82 Å². The fourth-order valence-electron chi connectivity index (χ4n) is 2.11. The van der Waals surface area contributed by atoms with Crippen molar-refractivity contribution in [2.75, 3.05) is 17.3 Å². The number of aromatic nitrogens is 1. The summed E-state index contributed by atoms with van der Waals surface area (Å²) in [6.07, 6.45) is 4.45. The van der Waals surface area contributed by atoms with E-state index in [4.69, 9.17) is 0 Å². The maximum absolute atomic E-state index is 11.7. The van der Waals surface area contributed by atoms with E-state index in [1.165, 1.54) is 5.56 Å². The lowest BCUT2D eigenvalue weighted by molar-refractivity contribution is -0.115. The van der Waals surface area contributed by atoms with Gasteiger partial charge in [0.2, 0.25) is 5.91 Å². The third kappa shape index (κ3) is 6.61. The maximum Gasteiger partial charge on any atom is 0.226 e. The molecule has 1 heterocycles. The number of nitrogens with zero attached hydrogens (tertiary/aromatic N) is 1. The smallest absolute Gasteiger partial charge is 0.226 e.